The number of hydrogen-bond donors (Lipinski definition) is 1. The molecule has 0 fully saturated rings. The van der Waals surface area contributed by atoms with E-state index in [1.165, 1.54) is 23.1 Å². The van der Waals surface area contributed by atoms with Crippen molar-refractivity contribution in [2.75, 3.05) is 6.54 Å². The van der Waals surface area contributed by atoms with Gasteiger partial charge in [0.05, 0.1) is 0 Å². The van der Waals surface area contributed by atoms with Gasteiger partial charge in [0.25, 0.3) is 0 Å². The minimum absolute atomic E-state index is 0.202. The average molecular weight is 261 g/mol. The van der Waals surface area contributed by atoms with Crippen LogP contribution in [0.2, 0.25) is 0 Å². The van der Waals surface area contributed by atoms with E-state index in [9.17, 15) is 0 Å². The van der Waals surface area contributed by atoms with Crippen molar-refractivity contribution in [3.05, 3.63) is 34.9 Å². The van der Waals surface area contributed by atoms with Gasteiger partial charge in [-0.15, -0.1) is 0 Å². The van der Waals surface area contributed by atoms with E-state index >= 15 is 0 Å². The molecule has 1 unspecified atom stereocenters. The Morgan fingerprint density at radius 2 is 1.58 bits per heavy atom. The molecule has 0 amide bonds. The lowest BCUT2D eigenvalue weighted by molar-refractivity contribution is 0.312. The molecule has 0 spiro atoms. The third-order valence-corrected chi connectivity index (χ3v) is 3.95. The fourth-order valence-corrected chi connectivity index (χ4v) is 2.41. The zero-order chi connectivity index (χ0) is 14.6. The lowest BCUT2D eigenvalue weighted by Gasteiger charge is -2.28. The summed E-state index contributed by atoms with van der Waals surface area (Å²) in [6.45, 7) is 16.9. The minimum Gasteiger partial charge on any atom is -0.312 e. The molecule has 0 heterocycles. The maximum atomic E-state index is 3.66. The topological polar surface area (TPSA) is 12.0 Å². The molecule has 108 valence electrons. The molecule has 0 saturated carbocycles. The molecule has 1 aromatic rings. The first kappa shape index (κ1) is 16.2. The summed E-state index contributed by atoms with van der Waals surface area (Å²) >= 11 is 0. The Kier molecular flexibility index (Phi) is 5.61. The van der Waals surface area contributed by atoms with Gasteiger partial charge in [-0.1, -0.05) is 32.0 Å². The molecule has 0 aliphatic rings. The van der Waals surface area contributed by atoms with E-state index in [1.54, 1.807) is 0 Å². The first-order valence-electron chi connectivity index (χ1n) is 7.51. The molecular weight excluding hydrogens is 230 g/mol. The van der Waals surface area contributed by atoms with E-state index in [0.717, 1.165) is 6.54 Å². The average Bonchev–Trinajstić information content (AvgIpc) is 2.25. The third-order valence-electron chi connectivity index (χ3n) is 3.95. The van der Waals surface area contributed by atoms with Crippen LogP contribution in [0.4, 0.5) is 0 Å². The van der Waals surface area contributed by atoms with Crippen molar-refractivity contribution in [3.63, 3.8) is 0 Å². The van der Waals surface area contributed by atoms with Gasteiger partial charge in [0.2, 0.25) is 0 Å². The summed E-state index contributed by atoms with van der Waals surface area (Å²) in [7, 11) is 0. The van der Waals surface area contributed by atoms with Crippen LogP contribution in [-0.2, 0) is 6.42 Å². The van der Waals surface area contributed by atoms with Crippen LogP contribution in [0.3, 0.4) is 0 Å². The van der Waals surface area contributed by atoms with Crippen LogP contribution in [0.25, 0.3) is 0 Å². The Labute approximate surface area is 119 Å². The van der Waals surface area contributed by atoms with Crippen LogP contribution in [0, 0.1) is 25.7 Å². The van der Waals surface area contributed by atoms with Crippen molar-refractivity contribution < 1.29 is 0 Å². The number of hydrogen-bond acceptors (Lipinski definition) is 1. The molecule has 1 nitrogen and oxygen atoms in total. The summed E-state index contributed by atoms with van der Waals surface area (Å²) in [5.41, 5.74) is 4.60. The fourth-order valence-electron chi connectivity index (χ4n) is 2.41. The van der Waals surface area contributed by atoms with Gasteiger partial charge >= 0.3 is 0 Å². The van der Waals surface area contributed by atoms with Gasteiger partial charge in [0, 0.05) is 5.54 Å². The lowest BCUT2D eigenvalue weighted by atomic mass is 9.85. The Morgan fingerprint density at radius 3 is 2.00 bits per heavy atom. The van der Waals surface area contributed by atoms with Crippen LogP contribution in [0.5, 0.6) is 0 Å². The van der Waals surface area contributed by atoms with Crippen LogP contribution in [0.15, 0.2) is 18.2 Å². The highest BCUT2D eigenvalue weighted by atomic mass is 14.9. The molecule has 1 rings (SSSR count). The van der Waals surface area contributed by atoms with E-state index in [2.05, 4.69) is 72.0 Å². The first-order chi connectivity index (χ1) is 8.70. The molecule has 0 aliphatic carbocycles. The summed E-state index contributed by atoms with van der Waals surface area (Å²) < 4.78 is 0. The number of rotatable bonds is 5. The quantitative estimate of drug-likeness (QED) is 0.822. The maximum Gasteiger partial charge on any atom is 0.00966 e. The molecule has 0 aliphatic heterocycles. The zero-order valence-corrected chi connectivity index (χ0v) is 13.8. The van der Waals surface area contributed by atoms with Gasteiger partial charge in [-0.3, -0.25) is 0 Å². The van der Waals surface area contributed by atoms with Crippen molar-refractivity contribution in [2.24, 2.45) is 11.8 Å². The fraction of sp³-hybridized carbons (Fsp3) is 0.667. The zero-order valence-electron chi connectivity index (χ0n) is 13.8. The van der Waals surface area contributed by atoms with Crippen LogP contribution in [0.1, 0.15) is 51.3 Å². The monoisotopic (exact) mass is 261 g/mol. The Morgan fingerprint density at radius 1 is 1.05 bits per heavy atom. The molecule has 1 N–H and O–H groups in total. The molecule has 1 aromatic carbocycles. The van der Waals surface area contributed by atoms with E-state index < -0.39 is 0 Å². The van der Waals surface area contributed by atoms with Crippen LogP contribution < -0.4 is 5.32 Å². The van der Waals surface area contributed by atoms with Crippen LogP contribution >= 0.6 is 0 Å². The van der Waals surface area contributed by atoms with Crippen LogP contribution in [-0.4, -0.2) is 12.1 Å². The van der Waals surface area contributed by atoms with Crippen molar-refractivity contribution in [3.8, 4) is 0 Å². The van der Waals surface area contributed by atoms with E-state index in [4.69, 9.17) is 0 Å². The van der Waals surface area contributed by atoms with Gasteiger partial charge in [0.15, 0.2) is 0 Å². The molecular formula is C18H31N. The maximum absolute atomic E-state index is 3.66. The molecule has 0 aromatic heterocycles. The Balaban J connectivity index is 2.79. The third kappa shape index (κ3) is 5.36. The second kappa shape index (κ2) is 6.56. The summed E-state index contributed by atoms with van der Waals surface area (Å²) in [6, 6.07) is 6.62. The Bertz CT molecular complexity index is 378. The second-order valence-electron chi connectivity index (χ2n) is 7.21. The standard InChI is InChI=1S/C18H31N/c1-13(2)16(12-19-18(5,6)7)11-17-14(3)9-8-10-15(17)4/h8-10,13,16,19H,11-12H2,1-7H3. The molecule has 19 heavy (non-hydrogen) atoms. The largest absolute Gasteiger partial charge is 0.312 e. The molecule has 0 radical (unpaired) electrons. The van der Waals surface area contributed by atoms with E-state index in [-0.39, 0.29) is 5.54 Å². The second-order valence-corrected chi connectivity index (χ2v) is 7.21. The predicted molar refractivity (Wildman–Crippen MR) is 85.7 cm³/mol. The molecule has 1 atom stereocenters. The normalized spacial score (nSPS) is 13.9. The number of benzene rings is 1. The van der Waals surface area contributed by atoms with Crippen molar-refractivity contribution in [1.29, 1.82) is 0 Å². The highest BCUT2D eigenvalue weighted by molar-refractivity contribution is 5.33. The van der Waals surface area contributed by atoms with Gasteiger partial charge in [-0.25, -0.2) is 0 Å². The van der Waals surface area contributed by atoms with Gasteiger partial charge < -0.3 is 5.32 Å². The number of nitrogens with one attached hydrogen (secondary N) is 1. The summed E-state index contributed by atoms with van der Waals surface area (Å²) in [5.74, 6) is 1.40. The predicted octanol–water partition coefficient (Wildman–Crippen LogP) is 4.51. The molecule has 0 saturated heterocycles. The van der Waals surface area contributed by atoms with Crippen molar-refractivity contribution in [2.45, 2.75) is 60.4 Å². The van der Waals surface area contributed by atoms with Gasteiger partial charge in [0.1, 0.15) is 0 Å². The van der Waals surface area contributed by atoms with Crippen molar-refractivity contribution >= 4 is 0 Å². The van der Waals surface area contributed by atoms with E-state index in [1.807, 2.05) is 0 Å². The number of aryl methyl sites for hydroxylation is 2. The first-order valence-corrected chi connectivity index (χ1v) is 7.51. The molecule has 1 heteroatoms. The lowest BCUT2D eigenvalue weighted by Crippen LogP contribution is -2.40. The minimum atomic E-state index is 0.202. The Hall–Kier alpha value is -0.820. The molecule has 0 bridgehead atoms. The highest BCUT2D eigenvalue weighted by Gasteiger charge is 2.19. The smallest absolute Gasteiger partial charge is 0.00966 e. The summed E-state index contributed by atoms with van der Waals surface area (Å²) in [5, 5.41) is 3.66. The SMILES string of the molecule is Cc1cccc(C)c1CC(CNC(C)(C)C)C(C)C. The summed E-state index contributed by atoms with van der Waals surface area (Å²) in [4.78, 5) is 0. The van der Waals surface area contributed by atoms with Gasteiger partial charge in [-0.2, -0.15) is 0 Å². The van der Waals surface area contributed by atoms with E-state index in [0.29, 0.717) is 11.8 Å². The summed E-state index contributed by atoms with van der Waals surface area (Å²) in [6.07, 6.45) is 1.18. The van der Waals surface area contributed by atoms with Gasteiger partial charge in [-0.05, 0) is 76.1 Å². The van der Waals surface area contributed by atoms with Crippen molar-refractivity contribution in [1.82, 2.24) is 5.32 Å². The highest BCUT2D eigenvalue weighted by Crippen LogP contribution is 2.22.